The molecule has 6 rings (SSSR count). The number of fused-ring (bicyclic) bond motifs is 6. The molecular weight excluding hydrogens is 338 g/mol. The Bertz CT molecular complexity index is 1500. The summed E-state index contributed by atoms with van der Waals surface area (Å²) in [6, 6.07) is 20.3. The zero-order valence-corrected chi connectivity index (χ0v) is 14.9. The van der Waals surface area contributed by atoms with Gasteiger partial charge in [0.2, 0.25) is 0 Å². The Kier molecular flexibility index (Phi) is 2.71. The Hall–Kier alpha value is -3.53. The van der Waals surface area contributed by atoms with Crippen molar-refractivity contribution >= 4 is 44.2 Å². The van der Waals surface area contributed by atoms with Gasteiger partial charge in [0, 0.05) is 10.8 Å². The first kappa shape index (κ1) is 14.6. The number of oxazole rings is 1. The molecule has 0 atom stereocenters. The van der Waals surface area contributed by atoms with E-state index in [9.17, 15) is 0 Å². The highest BCUT2D eigenvalue weighted by Crippen LogP contribution is 2.39. The van der Waals surface area contributed by atoms with E-state index in [4.69, 9.17) is 13.3 Å². The summed E-state index contributed by atoms with van der Waals surface area (Å²) in [6.45, 7) is 2.07. The summed E-state index contributed by atoms with van der Waals surface area (Å²) in [4.78, 5) is 0. The molecule has 3 heterocycles. The molecule has 4 nitrogen and oxygen atoms in total. The number of para-hydroxylation sites is 2. The van der Waals surface area contributed by atoms with Crippen molar-refractivity contribution in [3.8, 4) is 11.5 Å². The number of furan rings is 2. The van der Waals surface area contributed by atoms with Gasteiger partial charge < -0.3 is 13.3 Å². The standard InChI is InChI=1S/C23H16NO3/c1-13-11-12-15-14-7-3-5-9-17(14)25-21(15)19(13)22-24(2)20-16-8-4-6-10-18(16)26-23(20)27-22/h3-12H,1-2H3/q+1. The van der Waals surface area contributed by atoms with Crippen molar-refractivity contribution in [1.29, 1.82) is 0 Å². The van der Waals surface area contributed by atoms with Crippen molar-refractivity contribution in [3.05, 3.63) is 66.2 Å². The quantitative estimate of drug-likeness (QED) is 0.346. The number of aryl methyl sites for hydroxylation is 2. The van der Waals surface area contributed by atoms with Crippen LogP contribution in [0.15, 0.2) is 73.9 Å². The van der Waals surface area contributed by atoms with Gasteiger partial charge in [-0.1, -0.05) is 42.5 Å². The molecule has 0 bridgehead atoms. The van der Waals surface area contributed by atoms with Gasteiger partial charge >= 0.3 is 17.2 Å². The average molecular weight is 354 g/mol. The maximum absolute atomic E-state index is 6.23. The molecule has 27 heavy (non-hydrogen) atoms. The minimum atomic E-state index is 0.529. The molecule has 0 saturated carbocycles. The topological polar surface area (TPSA) is 43.3 Å². The summed E-state index contributed by atoms with van der Waals surface area (Å²) >= 11 is 0. The van der Waals surface area contributed by atoms with Crippen LogP contribution < -0.4 is 4.57 Å². The Morgan fingerprint density at radius 3 is 2.22 bits per heavy atom. The highest BCUT2D eigenvalue weighted by atomic mass is 16.5. The fraction of sp³-hybridized carbons (Fsp3) is 0.0870. The van der Waals surface area contributed by atoms with Crippen molar-refractivity contribution in [2.45, 2.75) is 6.92 Å². The maximum atomic E-state index is 6.23. The molecule has 0 fully saturated rings. The van der Waals surface area contributed by atoms with E-state index < -0.39 is 0 Å². The van der Waals surface area contributed by atoms with Gasteiger partial charge in [-0.3, -0.25) is 0 Å². The molecule has 130 valence electrons. The zero-order valence-electron chi connectivity index (χ0n) is 14.9. The van der Waals surface area contributed by atoms with Crippen molar-refractivity contribution in [2.24, 2.45) is 7.05 Å². The molecule has 3 aromatic carbocycles. The molecule has 0 N–H and O–H groups in total. The largest absolute Gasteiger partial charge is 0.455 e. The minimum Gasteiger partial charge on any atom is -0.455 e. The van der Waals surface area contributed by atoms with E-state index in [0.717, 1.165) is 55.4 Å². The summed E-state index contributed by atoms with van der Waals surface area (Å²) < 4.78 is 20.4. The van der Waals surface area contributed by atoms with Crippen molar-refractivity contribution in [3.63, 3.8) is 0 Å². The molecule has 4 heteroatoms. The summed E-state index contributed by atoms with van der Waals surface area (Å²) in [5.41, 5.74) is 5.55. The van der Waals surface area contributed by atoms with Crippen LogP contribution in [0.25, 0.3) is 55.7 Å². The summed E-state index contributed by atoms with van der Waals surface area (Å²) in [7, 11) is 2.00. The first-order valence-electron chi connectivity index (χ1n) is 8.93. The van der Waals surface area contributed by atoms with Crippen molar-refractivity contribution in [2.75, 3.05) is 0 Å². The zero-order chi connectivity index (χ0) is 18.1. The molecule has 0 aliphatic heterocycles. The van der Waals surface area contributed by atoms with E-state index >= 15 is 0 Å². The smallest absolute Gasteiger partial charge is 0.388 e. The Labute approximate surface area is 154 Å². The highest BCUT2D eigenvalue weighted by molar-refractivity contribution is 6.09. The normalized spacial score (nSPS) is 12.1. The highest BCUT2D eigenvalue weighted by Gasteiger charge is 2.30. The Balaban J connectivity index is 1.75. The van der Waals surface area contributed by atoms with Crippen LogP contribution in [0.4, 0.5) is 0 Å². The predicted octanol–water partition coefficient (Wildman–Crippen LogP) is 5.88. The Morgan fingerprint density at radius 2 is 1.41 bits per heavy atom. The lowest BCUT2D eigenvalue weighted by Gasteiger charge is -2.00. The van der Waals surface area contributed by atoms with E-state index in [0.29, 0.717) is 5.78 Å². The average Bonchev–Trinajstić information content (AvgIpc) is 3.32. The molecule has 0 radical (unpaired) electrons. The predicted molar refractivity (Wildman–Crippen MR) is 105 cm³/mol. The van der Waals surface area contributed by atoms with Gasteiger partial charge in [-0.2, -0.15) is 4.57 Å². The van der Waals surface area contributed by atoms with Gasteiger partial charge in [0.05, 0.1) is 5.39 Å². The second-order valence-electron chi connectivity index (χ2n) is 6.93. The molecule has 0 spiro atoms. The molecular formula is C23H16NO3+. The van der Waals surface area contributed by atoms with Crippen LogP contribution >= 0.6 is 0 Å². The number of benzene rings is 3. The third kappa shape index (κ3) is 1.84. The number of hydrogen-bond donors (Lipinski definition) is 0. The molecule has 0 aliphatic rings. The maximum Gasteiger partial charge on any atom is 0.388 e. The monoisotopic (exact) mass is 354 g/mol. The number of hydrogen-bond acceptors (Lipinski definition) is 3. The lowest BCUT2D eigenvalue weighted by molar-refractivity contribution is -0.636. The van der Waals surface area contributed by atoms with Gasteiger partial charge in [0.25, 0.3) is 0 Å². The molecule has 0 unspecified atom stereocenters. The van der Waals surface area contributed by atoms with Gasteiger partial charge in [0.1, 0.15) is 23.8 Å². The van der Waals surface area contributed by atoms with E-state index in [2.05, 4.69) is 35.8 Å². The molecule has 0 aliphatic carbocycles. The summed E-state index contributed by atoms with van der Waals surface area (Å²) in [6.07, 6.45) is 0. The van der Waals surface area contributed by atoms with Crippen LogP contribution in [-0.2, 0) is 7.05 Å². The third-order valence-corrected chi connectivity index (χ3v) is 5.34. The van der Waals surface area contributed by atoms with Gasteiger partial charge in [0.15, 0.2) is 5.58 Å². The van der Waals surface area contributed by atoms with Crippen molar-refractivity contribution in [1.82, 2.24) is 0 Å². The summed E-state index contributed by atoms with van der Waals surface area (Å²) in [5.74, 6) is 1.26. The minimum absolute atomic E-state index is 0.529. The lowest BCUT2D eigenvalue weighted by Crippen LogP contribution is -2.28. The van der Waals surface area contributed by atoms with E-state index in [1.165, 1.54) is 0 Å². The van der Waals surface area contributed by atoms with E-state index in [1.54, 1.807) is 0 Å². The fourth-order valence-corrected chi connectivity index (χ4v) is 4.03. The first-order chi connectivity index (χ1) is 13.2. The van der Waals surface area contributed by atoms with Crippen LogP contribution in [-0.4, -0.2) is 0 Å². The van der Waals surface area contributed by atoms with Gasteiger partial charge in [-0.25, -0.2) is 0 Å². The fourth-order valence-electron chi connectivity index (χ4n) is 4.03. The SMILES string of the molecule is Cc1ccc2c(oc3ccccc32)c1-c1oc2oc3ccccc3c2[n+]1C. The van der Waals surface area contributed by atoms with Crippen molar-refractivity contribution < 1.29 is 17.8 Å². The van der Waals surface area contributed by atoms with Gasteiger partial charge in [-0.15, -0.1) is 0 Å². The van der Waals surface area contributed by atoms with E-state index in [-0.39, 0.29) is 0 Å². The number of aromatic nitrogens is 1. The third-order valence-electron chi connectivity index (χ3n) is 5.34. The van der Waals surface area contributed by atoms with E-state index in [1.807, 2.05) is 43.4 Å². The first-order valence-corrected chi connectivity index (χ1v) is 8.93. The molecule has 0 amide bonds. The van der Waals surface area contributed by atoms with Crippen LogP contribution in [0.3, 0.4) is 0 Å². The van der Waals surface area contributed by atoms with Crippen LogP contribution in [0, 0.1) is 6.92 Å². The van der Waals surface area contributed by atoms with Crippen LogP contribution in [0.5, 0.6) is 0 Å². The molecule has 6 aromatic rings. The van der Waals surface area contributed by atoms with Gasteiger partial charge in [-0.05, 0) is 30.7 Å². The molecule has 3 aromatic heterocycles. The summed E-state index contributed by atoms with van der Waals surface area (Å²) in [5, 5.41) is 3.24. The second-order valence-corrected chi connectivity index (χ2v) is 6.93. The Morgan fingerprint density at radius 1 is 0.704 bits per heavy atom. The second kappa shape index (κ2) is 5.01. The molecule has 0 saturated heterocycles. The number of nitrogens with zero attached hydrogens (tertiary/aromatic N) is 1. The van der Waals surface area contributed by atoms with Crippen LogP contribution in [0.2, 0.25) is 0 Å². The lowest BCUT2D eigenvalue weighted by atomic mass is 10.0. The number of rotatable bonds is 1. The van der Waals surface area contributed by atoms with Crippen LogP contribution in [0.1, 0.15) is 5.56 Å².